The van der Waals surface area contributed by atoms with Crippen LogP contribution in [0.3, 0.4) is 0 Å². The monoisotopic (exact) mass is 337 g/mol. The van der Waals surface area contributed by atoms with Gasteiger partial charge in [-0.25, -0.2) is 18.0 Å². The van der Waals surface area contributed by atoms with Gasteiger partial charge in [0, 0.05) is 12.3 Å². The molecule has 0 radical (unpaired) electrons. The van der Waals surface area contributed by atoms with Crippen molar-refractivity contribution in [3.8, 4) is 0 Å². The van der Waals surface area contributed by atoms with Crippen LogP contribution in [0.15, 0.2) is 18.2 Å². The number of rotatable bonds is 3. The van der Waals surface area contributed by atoms with Gasteiger partial charge in [-0.15, -0.1) is 0 Å². The molecule has 0 saturated heterocycles. The lowest BCUT2D eigenvalue weighted by Gasteiger charge is -2.19. The molecule has 0 aliphatic carbocycles. The van der Waals surface area contributed by atoms with E-state index >= 15 is 0 Å². The van der Waals surface area contributed by atoms with Gasteiger partial charge in [0.25, 0.3) is 6.43 Å². The molecule has 0 fully saturated rings. The molecule has 1 amide bonds. The summed E-state index contributed by atoms with van der Waals surface area (Å²) in [7, 11) is 0. The topological polar surface area (TPSA) is 38.3 Å². The molecule has 7 heteroatoms. The highest BCUT2D eigenvalue weighted by molar-refractivity contribution is 7.80. The number of aryl methyl sites for hydroxylation is 1. The first-order chi connectivity index (χ1) is 10.1. The quantitative estimate of drug-likeness (QED) is 0.796. The predicted molar refractivity (Wildman–Crippen MR) is 84.2 cm³/mol. The largest absolute Gasteiger partial charge is 0.444 e. The minimum absolute atomic E-state index is 0.383. The first kappa shape index (κ1) is 20.6. The molecular formula is C15H22F3NO2S. The molecule has 0 aliphatic heterocycles. The zero-order chi connectivity index (χ0) is 17.3. The number of ether oxygens (including phenoxy) is 1. The van der Waals surface area contributed by atoms with Crippen molar-refractivity contribution in [2.75, 3.05) is 12.3 Å². The first-order valence-electron chi connectivity index (χ1n) is 6.68. The van der Waals surface area contributed by atoms with Crippen molar-refractivity contribution in [3.63, 3.8) is 0 Å². The van der Waals surface area contributed by atoms with Crippen molar-refractivity contribution in [2.45, 2.75) is 39.7 Å². The zero-order valence-electron chi connectivity index (χ0n) is 13.1. The van der Waals surface area contributed by atoms with Gasteiger partial charge in [-0.3, -0.25) is 0 Å². The number of alkyl halides is 2. The summed E-state index contributed by atoms with van der Waals surface area (Å²) in [4.78, 5) is 10.9. The highest BCUT2D eigenvalue weighted by Crippen LogP contribution is 2.22. The predicted octanol–water partition coefficient (Wildman–Crippen LogP) is 4.51. The van der Waals surface area contributed by atoms with Crippen LogP contribution >= 0.6 is 12.6 Å². The summed E-state index contributed by atoms with van der Waals surface area (Å²) < 4.78 is 41.4. The lowest BCUT2D eigenvalue weighted by molar-refractivity contribution is 0.0531. The normalized spacial score (nSPS) is 10.8. The molecule has 0 heterocycles. The van der Waals surface area contributed by atoms with Gasteiger partial charge >= 0.3 is 6.09 Å². The first-order valence-corrected chi connectivity index (χ1v) is 7.32. The van der Waals surface area contributed by atoms with Gasteiger partial charge in [-0.2, -0.15) is 12.6 Å². The molecule has 1 aromatic rings. The highest BCUT2D eigenvalue weighted by atomic mass is 32.1. The summed E-state index contributed by atoms with van der Waals surface area (Å²) in [5, 5.41) is 2.55. The number of alkyl carbamates (subject to hydrolysis) is 1. The van der Waals surface area contributed by atoms with Crippen molar-refractivity contribution in [3.05, 3.63) is 35.1 Å². The maximum Gasteiger partial charge on any atom is 0.407 e. The number of nitrogens with one attached hydrogen (secondary N) is 1. The van der Waals surface area contributed by atoms with Crippen molar-refractivity contribution < 1.29 is 22.7 Å². The van der Waals surface area contributed by atoms with Crippen LogP contribution in [0.25, 0.3) is 0 Å². The molecule has 0 atom stereocenters. The van der Waals surface area contributed by atoms with E-state index in [9.17, 15) is 18.0 Å². The fourth-order valence-electron chi connectivity index (χ4n) is 1.30. The molecule has 22 heavy (non-hydrogen) atoms. The van der Waals surface area contributed by atoms with Crippen LogP contribution in [0.4, 0.5) is 18.0 Å². The number of amides is 1. The lowest BCUT2D eigenvalue weighted by atomic mass is 10.1. The molecule has 3 nitrogen and oxygen atoms in total. The summed E-state index contributed by atoms with van der Waals surface area (Å²) in [5.41, 5.74) is -0.299. The standard InChI is InChI=1S/C8H7F3.C7H15NO2S/c1-5-2-3-7(9)6(4-5)8(10)11;1-7(2,3)10-6(9)8-4-5-11/h2-4,8H,1H3;11H,4-5H2,1-3H3,(H,8,9). The van der Waals surface area contributed by atoms with E-state index in [1.165, 1.54) is 6.07 Å². The Balaban J connectivity index is 0.000000401. The molecule has 0 bridgehead atoms. The van der Waals surface area contributed by atoms with Crippen molar-refractivity contribution in [1.82, 2.24) is 5.32 Å². The van der Waals surface area contributed by atoms with Gasteiger partial charge in [0.1, 0.15) is 11.4 Å². The van der Waals surface area contributed by atoms with E-state index in [0.717, 1.165) is 12.1 Å². The Morgan fingerprint density at radius 3 is 2.36 bits per heavy atom. The van der Waals surface area contributed by atoms with Crippen LogP contribution in [-0.4, -0.2) is 24.0 Å². The van der Waals surface area contributed by atoms with E-state index < -0.39 is 23.4 Å². The van der Waals surface area contributed by atoms with Gasteiger partial charge in [0.2, 0.25) is 0 Å². The summed E-state index contributed by atoms with van der Waals surface area (Å²) in [5.74, 6) is -0.218. The number of hydrogen-bond acceptors (Lipinski definition) is 3. The number of carbonyl (C=O) groups excluding carboxylic acids is 1. The van der Waals surface area contributed by atoms with Gasteiger partial charge in [0.15, 0.2) is 0 Å². The van der Waals surface area contributed by atoms with Gasteiger partial charge in [-0.1, -0.05) is 11.6 Å². The van der Waals surface area contributed by atoms with E-state index in [1.54, 1.807) is 6.92 Å². The average Bonchev–Trinajstić information content (AvgIpc) is 2.37. The minimum Gasteiger partial charge on any atom is -0.444 e. The van der Waals surface area contributed by atoms with E-state index in [1.807, 2.05) is 20.8 Å². The van der Waals surface area contributed by atoms with E-state index in [2.05, 4.69) is 17.9 Å². The SMILES string of the molecule is CC(C)(C)OC(=O)NCCS.Cc1ccc(F)c(C(F)F)c1. The molecular weight excluding hydrogens is 315 g/mol. The zero-order valence-corrected chi connectivity index (χ0v) is 14.0. The second-order valence-corrected chi connectivity index (χ2v) is 5.93. The number of carbonyl (C=O) groups is 1. The smallest absolute Gasteiger partial charge is 0.407 e. The van der Waals surface area contributed by atoms with Crippen molar-refractivity contribution >= 4 is 18.7 Å². The van der Waals surface area contributed by atoms with E-state index in [4.69, 9.17) is 4.74 Å². The van der Waals surface area contributed by atoms with E-state index in [0.29, 0.717) is 17.9 Å². The van der Waals surface area contributed by atoms with Crippen LogP contribution in [0.2, 0.25) is 0 Å². The summed E-state index contributed by atoms with van der Waals surface area (Å²) >= 11 is 3.94. The number of halogens is 3. The molecule has 0 aliphatic rings. The average molecular weight is 337 g/mol. The highest BCUT2D eigenvalue weighted by Gasteiger charge is 2.15. The van der Waals surface area contributed by atoms with Crippen molar-refractivity contribution in [1.29, 1.82) is 0 Å². The lowest BCUT2D eigenvalue weighted by Crippen LogP contribution is -2.33. The van der Waals surface area contributed by atoms with E-state index in [-0.39, 0.29) is 6.09 Å². The summed E-state index contributed by atoms with van der Waals surface area (Å²) in [6, 6.07) is 3.66. The molecule has 1 rings (SSSR count). The summed E-state index contributed by atoms with van der Waals surface area (Å²) in [6.07, 6.45) is -3.11. The number of hydrogen-bond donors (Lipinski definition) is 2. The molecule has 126 valence electrons. The maximum absolute atomic E-state index is 12.5. The second kappa shape index (κ2) is 9.61. The summed E-state index contributed by atoms with van der Waals surface area (Å²) in [6.45, 7) is 7.66. The Labute approximate surface area is 134 Å². The molecule has 0 spiro atoms. The van der Waals surface area contributed by atoms with Crippen LogP contribution in [0, 0.1) is 12.7 Å². The maximum atomic E-state index is 12.5. The number of benzene rings is 1. The molecule has 0 unspecified atom stereocenters. The fraction of sp³-hybridized carbons (Fsp3) is 0.533. The van der Waals surface area contributed by atoms with Crippen LogP contribution in [0.5, 0.6) is 0 Å². The van der Waals surface area contributed by atoms with Crippen molar-refractivity contribution in [2.24, 2.45) is 0 Å². The third-order valence-corrected chi connectivity index (χ3v) is 2.39. The number of thiol groups is 1. The Bertz CT molecular complexity index is 476. The van der Waals surface area contributed by atoms with Gasteiger partial charge in [-0.05, 0) is 39.8 Å². The van der Waals surface area contributed by atoms with Gasteiger partial charge in [0.05, 0.1) is 5.56 Å². The Hall–Kier alpha value is -1.37. The minimum atomic E-state index is -2.73. The third kappa shape index (κ3) is 9.55. The fourth-order valence-corrected chi connectivity index (χ4v) is 1.41. The molecule has 1 N–H and O–H groups in total. The molecule has 1 aromatic carbocycles. The van der Waals surface area contributed by atoms with Gasteiger partial charge < -0.3 is 10.1 Å². The third-order valence-electron chi connectivity index (χ3n) is 2.17. The molecule has 0 aromatic heterocycles. The van der Waals surface area contributed by atoms with Crippen LogP contribution in [0.1, 0.15) is 38.3 Å². The Kier molecular flexibility index (Phi) is 9.01. The Morgan fingerprint density at radius 1 is 1.36 bits per heavy atom. The van der Waals surface area contributed by atoms with Crippen LogP contribution in [-0.2, 0) is 4.74 Å². The Morgan fingerprint density at radius 2 is 1.95 bits per heavy atom. The van der Waals surface area contributed by atoms with Crippen LogP contribution < -0.4 is 5.32 Å². The molecule has 0 saturated carbocycles. The second-order valence-electron chi connectivity index (χ2n) is 5.48.